The van der Waals surface area contributed by atoms with Crippen LogP contribution >= 0.6 is 22.9 Å². The third kappa shape index (κ3) is 5.05. The molecule has 0 atom stereocenters. The average Bonchev–Trinajstić information content (AvgIpc) is 3.29. The second-order valence-corrected chi connectivity index (χ2v) is 7.58. The Morgan fingerprint density at radius 3 is 2.89 bits per heavy atom. The molecule has 0 bridgehead atoms. The SMILES string of the molecule is CCCCn1nc(C)c(/C=C/C(=O)NCc2nc(-c3ccncc3)cs2)c1Cl. The van der Waals surface area contributed by atoms with Gasteiger partial charge in [0, 0.05) is 41.5 Å². The maximum Gasteiger partial charge on any atom is 0.244 e. The quantitative estimate of drug-likeness (QED) is 0.550. The van der Waals surface area contributed by atoms with Crippen molar-refractivity contribution in [1.82, 2.24) is 25.1 Å². The van der Waals surface area contributed by atoms with Crippen molar-refractivity contribution in [3.05, 3.63) is 57.4 Å². The molecule has 8 heteroatoms. The van der Waals surface area contributed by atoms with E-state index in [1.807, 2.05) is 24.4 Å². The van der Waals surface area contributed by atoms with Crippen LogP contribution in [0.2, 0.25) is 5.15 Å². The predicted molar refractivity (Wildman–Crippen MR) is 113 cm³/mol. The second kappa shape index (κ2) is 9.61. The first-order valence-corrected chi connectivity index (χ1v) is 10.4. The molecule has 28 heavy (non-hydrogen) atoms. The van der Waals surface area contributed by atoms with E-state index >= 15 is 0 Å². The van der Waals surface area contributed by atoms with Gasteiger partial charge in [0.05, 0.1) is 17.9 Å². The van der Waals surface area contributed by atoms with Gasteiger partial charge in [-0.25, -0.2) is 4.98 Å². The molecule has 3 heterocycles. The number of amides is 1. The molecule has 1 amide bonds. The molecule has 6 nitrogen and oxygen atoms in total. The van der Waals surface area contributed by atoms with Gasteiger partial charge in [-0.3, -0.25) is 14.5 Å². The molecule has 0 radical (unpaired) electrons. The minimum atomic E-state index is -0.197. The van der Waals surface area contributed by atoms with E-state index in [0.29, 0.717) is 11.7 Å². The number of thiazole rings is 1. The third-order valence-electron chi connectivity index (χ3n) is 4.18. The van der Waals surface area contributed by atoms with Gasteiger partial charge < -0.3 is 5.32 Å². The molecule has 3 rings (SSSR count). The van der Waals surface area contributed by atoms with Crippen LogP contribution in [0.15, 0.2) is 36.0 Å². The number of carbonyl (C=O) groups excluding carboxylic acids is 1. The van der Waals surface area contributed by atoms with Crippen LogP contribution in [-0.2, 0) is 17.9 Å². The summed E-state index contributed by atoms with van der Waals surface area (Å²) in [5.41, 5.74) is 3.48. The molecule has 146 valence electrons. The molecular formula is C20H22ClN5OS. The number of halogens is 1. The van der Waals surface area contributed by atoms with Crippen LogP contribution in [0.25, 0.3) is 17.3 Å². The lowest BCUT2D eigenvalue weighted by atomic mass is 10.2. The van der Waals surface area contributed by atoms with E-state index in [-0.39, 0.29) is 5.91 Å². The molecule has 0 aliphatic heterocycles. The van der Waals surface area contributed by atoms with Crippen LogP contribution in [0.5, 0.6) is 0 Å². The van der Waals surface area contributed by atoms with Gasteiger partial charge in [0.1, 0.15) is 10.2 Å². The Morgan fingerprint density at radius 1 is 1.36 bits per heavy atom. The molecule has 3 aromatic heterocycles. The Kier molecular flexibility index (Phi) is 6.95. The van der Waals surface area contributed by atoms with Crippen LogP contribution in [0.4, 0.5) is 0 Å². The summed E-state index contributed by atoms with van der Waals surface area (Å²) in [5.74, 6) is -0.197. The van der Waals surface area contributed by atoms with Gasteiger partial charge >= 0.3 is 0 Å². The third-order valence-corrected chi connectivity index (χ3v) is 5.42. The number of pyridine rings is 1. The molecule has 0 saturated carbocycles. The topological polar surface area (TPSA) is 72.7 Å². The average molecular weight is 416 g/mol. The fraction of sp³-hybridized carbons (Fsp3) is 0.300. The van der Waals surface area contributed by atoms with Crippen molar-refractivity contribution in [2.75, 3.05) is 0 Å². The summed E-state index contributed by atoms with van der Waals surface area (Å²) in [7, 11) is 0. The standard InChI is InChI=1S/C20H22ClN5OS/c1-3-4-11-26-20(21)16(14(2)25-26)5-6-18(27)23-12-19-24-17(13-28-19)15-7-9-22-10-8-15/h5-10,13H,3-4,11-12H2,1-2H3,(H,23,27)/b6-5+. The van der Waals surface area contributed by atoms with Crippen molar-refractivity contribution in [2.24, 2.45) is 0 Å². The molecule has 0 aliphatic rings. The molecule has 0 spiro atoms. The summed E-state index contributed by atoms with van der Waals surface area (Å²) in [6.07, 6.45) is 8.75. The Bertz CT molecular complexity index is 964. The van der Waals surface area contributed by atoms with Crippen LogP contribution in [0.3, 0.4) is 0 Å². The van der Waals surface area contributed by atoms with Crippen LogP contribution in [0.1, 0.15) is 36.0 Å². The zero-order valence-corrected chi connectivity index (χ0v) is 17.4. The monoisotopic (exact) mass is 415 g/mol. The number of aryl methyl sites for hydroxylation is 2. The van der Waals surface area contributed by atoms with E-state index in [1.165, 1.54) is 17.4 Å². The molecule has 0 fully saturated rings. The van der Waals surface area contributed by atoms with Gasteiger partial charge in [0.25, 0.3) is 0 Å². The van der Waals surface area contributed by atoms with Crippen molar-refractivity contribution >= 4 is 34.9 Å². The molecule has 0 saturated heterocycles. The Labute approximate surface area is 173 Å². The van der Waals surface area contributed by atoms with Gasteiger partial charge in [-0.2, -0.15) is 5.10 Å². The summed E-state index contributed by atoms with van der Waals surface area (Å²) in [6.45, 7) is 5.17. The highest BCUT2D eigenvalue weighted by Gasteiger charge is 2.11. The first-order valence-electron chi connectivity index (χ1n) is 9.12. The number of nitrogens with one attached hydrogen (secondary N) is 1. The lowest BCUT2D eigenvalue weighted by Gasteiger charge is -2.01. The van der Waals surface area contributed by atoms with Crippen LogP contribution < -0.4 is 5.32 Å². The highest BCUT2D eigenvalue weighted by molar-refractivity contribution is 7.09. The fourth-order valence-corrected chi connectivity index (χ4v) is 3.71. The molecular weight excluding hydrogens is 394 g/mol. The highest BCUT2D eigenvalue weighted by Crippen LogP contribution is 2.22. The van der Waals surface area contributed by atoms with Crippen molar-refractivity contribution in [1.29, 1.82) is 0 Å². The van der Waals surface area contributed by atoms with E-state index < -0.39 is 0 Å². The number of carbonyl (C=O) groups is 1. The van der Waals surface area contributed by atoms with E-state index in [0.717, 1.165) is 46.9 Å². The van der Waals surface area contributed by atoms with Gasteiger partial charge in [-0.05, 0) is 31.6 Å². The highest BCUT2D eigenvalue weighted by atomic mass is 35.5. The predicted octanol–water partition coefficient (Wildman–Crippen LogP) is 4.49. The minimum absolute atomic E-state index is 0.197. The largest absolute Gasteiger partial charge is 0.346 e. The van der Waals surface area contributed by atoms with Gasteiger partial charge in [0.2, 0.25) is 5.91 Å². The van der Waals surface area contributed by atoms with Gasteiger partial charge in [-0.15, -0.1) is 11.3 Å². The summed E-state index contributed by atoms with van der Waals surface area (Å²) < 4.78 is 1.79. The summed E-state index contributed by atoms with van der Waals surface area (Å²) >= 11 is 7.90. The van der Waals surface area contributed by atoms with Crippen LogP contribution in [-0.4, -0.2) is 25.7 Å². The van der Waals surface area contributed by atoms with Gasteiger partial charge in [-0.1, -0.05) is 24.9 Å². The zero-order chi connectivity index (χ0) is 19.9. The summed E-state index contributed by atoms with van der Waals surface area (Å²) in [6, 6.07) is 3.82. The lowest BCUT2D eigenvalue weighted by molar-refractivity contribution is -0.116. The number of aromatic nitrogens is 4. The second-order valence-electron chi connectivity index (χ2n) is 6.28. The fourth-order valence-electron chi connectivity index (χ4n) is 2.64. The van der Waals surface area contributed by atoms with Crippen LogP contribution in [0, 0.1) is 6.92 Å². The molecule has 0 unspecified atom stereocenters. The number of unbranched alkanes of at least 4 members (excludes halogenated alkanes) is 1. The number of hydrogen-bond donors (Lipinski definition) is 1. The van der Waals surface area contributed by atoms with Gasteiger partial charge in [0.15, 0.2) is 0 Å². The normalized spacial score (nSPS) is 11.2. The summed E-state index contributed by atoms with van der Waals surface area (Å²) in [4.78, 5) is 20.7. The number of nitrogens with zero attached hydrogens (tertiary/aromatic N) is 4. The summed E-state index contributed by atoms with van der Waals surface area (Å²) in [5, 5.41) is 10.7. The first kappa shape index (κ1) is 20.2. The van der Waals surface area contributed by atoms with E-state index in [9.17, 15) is 4.79 Å². The first-order chi connectivity index (χ1) is 13.6. The maximum absolute atomic E-state index is 12.2. The van der Waals surface area contributed by atoms with Crippen molar-refractivity contribution in [2.45, 2.75) is 39.8 Å². The number of rotatable bonds is 8. The van der Waals surface area contributed by atoms with E-state index in [4.69, 9.17) is 11.6 Å². The molecule has 0 aromatic carbocycles. The molecule has 3 aromatic rings. The molecule has 1 N–H and O–H groups in total. The number of hydrogen-bond acceptors (Lipinski definition) is 5. The van der Waals surface area contributed by atoms with E-state index in [2.05, 4.69) is 27.3 Å². The van der Waals surface area contributed by atoms with Crippen molar-refractivity contribution in [3.63, 3.8) is 0 Å². The maximum atomic E-state index is 12.2. The Hall–Kier alpha value is -2.51. The van der Waals surface area contributed by atoms with E-state index in [1.54, 1.807) is 23.2 Å². The Morgan fingerprint density at radius 2 is 2.14 bits per heavy atom. The lowest BCUT2D eigenvalue weighted by Crippen LogP contribution is -2.20. The molecule has 0 aliphatic carbocycles. The van der Waals surface area contributed by atoms with Crippen molar-refractivity contribution in [3.8, 4) is 11.3 Å². The Balaban J connectivity index is 1.58. The smallest absolute Gasteiger partial charge is 0.244 e. The zero-order valence-electron chi connectivity index (χ0n) is 15.9. The minimum Gasteiger partial charge on any atom is -0.346 e. The van der Waals surface area contributed by atoms with Crippen molar-refractivity contribution < 1.29 is 4.79 Å².